The topological polar surface area (TPSA) is 29.5 Å². The molecule has 1 aromatic carbocycles. The molecule has 18 heavy (non-hydrogen) atoms. The van der Waals surface area contributed by atoms with Crippen molar-refractivity contribution in [1.82, 2.24) is 0 Å². The molecule has 0 spiro atoms. The molecule has 0 radical (unpaired) electrons. The van der Waals surface area contributed by atoms with Crippen LogP contribution in [-0.2, 0) is 11.2 Å². The fourth-order valence-electron chi connectivity index (χ4n) is 2.82. The first-order valence-corrected chi connectivity index (χ1v) is 7.07. The van der Waals surface area contributed by atoms with Gasteiger partial charge in [-0.05, 0) is 36.3 Å². The molecule has 0 bridgehead atoms. The van der Waals surface area contributed by atoms with E-state index in [0.29, 0.717) is 5.92 Å². The zero-order valence-corrected chi connectivity index (χ0v) is 11.3. The first kappa shape index (κ1) is 13.6. The minimum Gasteiger partial charge on any atom is -0.388 e. The van der Waals surface area contributed by atoms with Crippen molar-refractivity contribution in [3.8, 4) is 0 Å². The molecule has 2 rings (SSSR count). The average molecular weight is 248 g/mol. The zero-order chi connectivity index (χ0) is 12.8. The van der Waals surface area contributed by atoms with E-state index in [1.54, 1.807) is 7.11 Å². The van der Waals surface area contributed by atoms with E-state index in [-0.39, 0.29) is 6.10 Å². The third-order valence-electron chi connectivity index (χ3n) is 4.01. The highest BCUT2D eigenvalue weighted by Crippen LogP contribution is 2.34. The Bertz CT molecular complexity index is 339. The quantitative estimate of drug-likeness (QED) is 0.864. The molecule has 0 amide bonds. The highest BCUT2D eigenvalue weighted by Gasteiger charge is 2.22. The Morgan fingerprint density at radius 2 is 1.83 bits per heavy atom. The Morgan fingerprint density at radius 3 is 2.44 bits per heavy atom. The summed E-state index contributed by atoms with van der Waals surface area (Å²) in [7, 11) is 1.72. The number of aliphatic hydroxyl groups excluding tert-OH is 1. The number of methoxy groups -OCH3 is 1. The van der Waals surface area contributed by atoms with Gasteiger partial charge in [-0.1, -0.05) is 43.5 Å². The van der Waals surface area contributed by atoms with Crippen LogP contribution in [0.15, 0.2) is 24.3 Å². The van der Waals surface area contributed by atoms with Crippen LogP contribution in [0.4, 0.5) is 0 Å². The molecule has 2 nitrogen and oxygen atoms in total. The van der Waals surface area contributed by atoms with Gasteiger partial charge in [-0.2, -0.15) is 0 Å². The van der Waals surface area contributed by atoms with E-state index in [4.69, 9.17) is 4.74 Å². The molecule has 1 unspecified atom stereocenters. The van der Waals surface area contributed by atoms with E-state index in [1.807, 2.05) is 0 Å². The summed E-state index contributed by atoms with van der Waals surface area (Å²) in [6.45, 7) is 0.754. The van der Waals surface area contributed by atoms with Gasteiger partial charge in [-0.3, -0.25) is 0 Å². The van der Waals surface area contributed by atoms with Crippen LogP contribution in [-0.4, -0.2) is 18.8 Å². The molecule has 1 aliphatic carbocycles. The molecule has 1 aromatic rings. The SMILES string of the molecule is COCCc1ccc(C(O)C2CCCCC2)cc1. The van der Waals surface area contributed by atoms with Crippen molar-refractivity contribution in [3.05, 3.63) is 35.4 Å². The molecule has 1 saturated carbocycles. The van der Waals surface area contributed by atoms with Gasteiger partial charge in [0.2, 0.25) is 0 Å². The van der Waals surface area contributed by atoms with Crippen molar-refractivity contribution in [2.24, 2.45) is 5.92 Å². The van der Waals surface area contributed by atoms with E-state index < -0.39 is 0 Å². The van der Waals surface area contributed by atoms with Gasteiger partial charge in [-0.15, -0.1) is 0 Å². The third kappa shape index (κ3) is 3.56. The van der Waals surface area contributed by atoms with Gasteiger partial charge >= 0.3 is 0 Å². The standard InChI is InChI=1S/C16H24O2/c1-18-12-11-13-7-9-15(10-8-13)16(17)14-5-3-2-4-6-14/h7-10,14,16-17H,2-6,11-12H2,1H3. The van der Waals surface area contributed by atoms with Crippen LogP contribution in [0.25, 0.3) is 0 Å². The molecule has 0 aliphatic heterocycles. The summed E-state index contributed by atoms with van der Waals surface area (Å²) in [6, 6.07) is 8.37. The number of hydrogen-bond donors (Lipinski definition) is 1. The fourth-order valence-corrected chi connectivity index (χ4v) is 2.82. The first-order chi connectivity index (χ1) is 8.81. The lowest BCUT2D eigenvalue weighted by atomic mass is 9.82. The van der Waals surface area contributed by atoms with E-state index in [1.165, 1.54) is 37.7 Å². The van der Waals surface area contributed by atoms with Gasteiger partial charge in [0, 0.05) is 7.11 Å². The number of benzene rings is 1. The molecule has 1 atom stereocenters. The molecule has 1 N–H and O–H groups in total. The smallest absolute Gasteiger partial charge is 0.0818 e. The predicted octanol–water partition coefficient (Wildman–Crippen LogP) is 3.49. The number of hydrogen-bond acceptors (Lipinski definition) is 2. The summed E-state index contributed by atoms with van der Waals surface area (Å²) < 4.78 is 5.07. The fraction of sp³-hybridized carbons (Fsp3) is 0.625. The van der Waals surface area contributed by atoms with E-state index in [0.717, 1.165) is 18.6 Å². The lowest BCUT2D eigenvalue weighted by Crippen LogP contribution is -2.15. The Kier molecular flexibility index (Phi) is 5.21. The highest BCUT2D eigenvalue weighted by molar-refractivity contribution is 5.24. The molecule has 1 aliphatic rings. The molecule has 0 heterocycles. The van der Waals surface area contributed by atoms with Crippen LogP contribution >= 0.6 is 0 Å². The number of ether oxygens (including phenoxy) is 1. The number of rotatable bonds is 5. The number of aliphatic hydroxyl groups is 1. The molecule has 0 aromatic heterocycles. The molecular weight excluding hydrogens is 224 g/mol. The molecule has 100 valence electrons. The Balaban J connectivity index is 1.95. The Morgan fingerprint density at radius 1 is 1.17 bits per heavy atom. The van der Waals surface area contributed by atoms with Crippen molar-refractivity contribution in [2.45, 2.75) is 44.6 Å². The van der Waals surface area contributed by atoms with Crippen LogP contribution in [0.2, 0.25) is 0 Å². The summed E-state index contributed by atoms with van der Waals surface area (Å²) in [6.07, 6.45) is 6.89. The van der Waals surface area contributed by atoms with Gasteiger partial charge in [0.1, 0.15) is 0 Å². The second-order valence-corrected chi connectivity index (χ2v) is 5.33. The van der Waals surface area contributed by atoms with Crippen LogP contribution in [0.5, 0.6) is 0 Å². The predicted molar refractivity (Wildman–Crippen MR) is 73.6 cm³/mol. The van der Waals surface area contributed by atoms with Crippen molar-refractivity contribution < 1.29 is 9.84 Å². The third-order valence-corrected chi connectivity index (χ3v) is 4.01. The molecule has 2 heteroatoms. The minimum absolute atomic E-state index is 0.276. The van der Waals surface area contributed by atoms with Crippen molar-refractivity contribution in [2.75, 3.05) is 13.7 Å². The van der Waals surface area contributed by atoms with Crippen LogP contribution in [0.3, 0.4) is 0 Å². The summed E-state index contributed by atoms with van der Waals surface area (Å²) in [5.74, 6) is 0.462. The van der Waals surface area contributed by atoms with E-state index in [2.05, 4.69) is 24.3 Å². The minimum atomic E-state index is -0.276. The summed E-state index contributed by atoms with van der Waals surface area (Å²) in [4.78, 5) is 0. The average Bonchev–Trinajstić information content (AvgIpc) is 2.46. The molecular formula is C16H24O2. The second-order valence-electron chi connectivity index (χ2n) is 5.33. The maximum atomic E-state index is 10.4. The van der Waals surface area contributed by atoms with Crippen LogP contribution < -0.4 is 0 Å². The van der Waals surface area contributed by atoms with Gasteiger partial charge in [0.15, 0.2) is 0 Å². The summed E-state index contributed by atoms with van der Waals surface area (Å²) >= 11 is 0. The van der Waals surface area contributed by atoms with Crippen molar-refractivity contribution in [1.29, 1.82) is 0 Å². The summed E-state index contributed by atoms with van der Waals surface area (Å²) in [5, 5.41) is 10.4. The zero-order valence-electron chi connectivity index (χ0n) is 11.3. The Hall–Kier alpha value is -0.860. The Labute approximate surface area is 110 Å². The van der Waals surface area contributed by atoms with E-state index >= 15 is 0 Å². The molecule has 1 fully saturated rings. The van der Waals surface area contributed by atoms with Crippen LogP contribution in [0.1, 0.15) is 49.3 Å². The largest absolute Gasteiger partial charge is 0.388 e. The second kappa shape index (κ2) is 6.91. The first-order valence-electron chi connectivity index (χ1n) is 7.07. The van der Waals surface area contributed by atoms with Gasteiger partial charge in [-0.25, -0.2) is 0 Å². The van der Waals surface area contributed by atoms with E-state index in [9.17, 15) is 5.11 Å². The van der Waals surface area contributed by atoms with Crippen molar-refractivity contribution >= 4 is 0 Å². The lowest BCUT2D eigenvalue weighted by molar-refractivity contribution is 0.0848. The van der Waals surface area contributed by atoms with Crippen LogP contribution in [0, 0.1) is 5.92 Å². The maximum Gasteiger partial charge on any atom is 0.0818 e. The molecule has 0 saturated heterocycles. The van der Waals surface area contributed by atoms with Crippen molar-refractivity contribution in [3.63, 3.8) is 0 Å². The highest BCUT2D eigenvalue weighted by atomic mass is 16.5. The van der Waals surface area contributed by atoms with Gasteiger partial charge < -0.3 is 9.84 Å². The maximum absolute atomic E-state index is 10.4. The normalized spacial score (nSPS) is 18.8. The van der Waals surface area contributed by atoms with Gasteiger partial charge in [0.25, 0.3) is 0 Å². The monoisotopic (exact) mass is 248 g/mol. The lowest BCUT2D eigenvalue weighted by Gasteiger charge is -2.26. The van der Waals surface area contributed by atoms with Gasteiger partial charge in [0.05, 0.1) is 12.7 Å². The summed E-state index contributed by atoms with van der Waals surface area (Å²) in [5.41, 5.74) is 2.35.